The maximum Gasteiger partial charge on any atom is 0.229 e. The fraction of sp³-hybridized carbons (Fsp3) is 0.684. The molecule has 2 aromatic rings. The molecule has 59 heavy (non-hydrogen) atoms. The molecule has 0 aromatic heterocycles. The number of methoxy groups -OCH3 is 2. The van der Waals surface area contributed by atoms with Crippen molar-refractivity contribution in [2.24, 2.45) is 11.8 Å². The van der Waals surface area contributed by atoms with Gasteiger partial charge in [-0.05, 0) is 47.7 Å². The quantitative estimate of drug-likeness (QED) is 0.0803. The van der Waals surface area contributed by atoms with Gasteiger partial charge in [0, 0.05) is 5.92 Å². The van der Waals surface area contributed by atoms with Crippen LogP contribution in [0.2, 0.25) is 0 Å². The number of ether oxygens (including phenoxy) is 9. The van der Waals surface area contributed by atoms with Crippen LogP contribution in [0.3, 0.4) is 0 Å². The van der Waals surface area contributed by atoms with Gasteiger partial charge in [-0.3, -0.25) is 0 Å². The van der Waals surface area contributed by atoms with E-state index in [0.29, 0.717) is 12.0 Å². The van der Waals surface area contributed by atoms with E-state index < -0.39 is 124 Å². The second-order valence-corrected chi connectivity index (χ2v) is 14.9. The van der Waals surface area contributed by atoms with Crippen LogP contribution in [0.1, 0.15) is 17.2 Å². The molecule has 0 saturated carbocycles. The summed E-state index contributed by atoms with van der Waals surface area (Å²) in [5.74, 6) is -0.198. The van der Waals surface area contributed by atoms with Crippen LogP contribution in [0.25, 0.3) is 0 Å². The molecule has 4 saturated heterocycles. The fourth-order valence-electron chi connectivity index (χ4n) is 7.69. The molecule has 0 spiro atoms. The highest BCUT2D eigenvalue weighted by molar-refractivity contribution is 5.45. The number of benzene rings is 2. The summed E-state index contributed by atoms with van der Waals surface area (Å²) < 4.78 is 51.8. The van der Waals surface area contributed by atoms with Gasteiger partial charge in [0.15, 0.2) is 29.3 Å². The summed E-state index contributed by atoms with van der Waals surface area (Å²) in [5, 5.41) is 122. The molecule has 4 heterocycles. The Labute approximate surface area is 338 Å². The summed E-state index contributed by atoms with van der Waals surface area (Å²) in [5.41, 5.74) is 1.31. The number of hydrogen-bond acceptors (Lipinski definition) is 21. The van der Waals surface area contributed by atoms with Crippen molar-refractivity contribution in [3.05, 3.63) is 47.5 Å². The second kappa shape index (κ2) is 19.8. The van der Waals surface area contributed by atoms with E-state index in [1.165, 1.54) is 20.3 Å². The van der Waals surface area contributed by atoms with Crippen LogP contribution in [-0.2, 0) is 30.1 Å². The summed E-state index contributed by atoms with van der Waals surface area (Å²) in [6.07, 6.45) is -23.1. The Morgan fingerprint density at radius 2 is 1.00 bits per heavy atom. The van der Waals surface area contributed by atoms with Crippen molar-refractivity contribution in [1.82, 2.24) is 0 Å². The van der Waals surface area contributed by atoms with Crippen LogP contribution in [0.5, 0.6) is 23.0 Å². The first-order valence-corrected chi connectivity index (χ1v) is 19.1. The lowest BCUT2D eigenvalue weighted by molar-refractivity contribution is -0.304. The SMILES string of the molecule is COc1cc(C[C@H]2CO[C@H](c3ccc(O[C@@H]4O[C@H](CO)[C@@H](O)[C@H](O)[C@H]4O)c(OC)c3)[C@H]2CO[C@@H]2O[C@H](CO)[C@@H](O)[C@H](O)[C@H]2O)ccc1O[C@@H]1O[C@H](CO)[C@@H](O)[C@H](O)[C@H]1O. The van der Waals surface area contributed by atoms with E-state index in [9.17, 15) is 61.3 Å². The van der Waals surface area contributed by atoms with E-state index in [1.54, 1.807) is 30.3 Å². The van der Waals surface area contributed by atoms with Crippen molar-refractivity contribution in [2.45, 2.75) is 105 Å². The topological polar surface area (TPSA) is 326 Å². The Kier molecular flexibility index (Phi) is 15.2. The molecular formula is C38H54O21. The van der Waals surface area contributed by atoms with Gasteiger partial charge >= 0.3 is 0 Å². The smallest absolute Gasteiger partial charge is 0.229 e. The summed E-state index contributed by atoms with van der Waals surface area (Å²) >= 11 is 0. The first kappa shape index (κ1) is 45.5. The molecule has 21 nitrogen and oxygen atoms in total. The molecule has 0 aliphatic carbocycles. The Hall–Kier alpha value is -3.04. The minimum absolute atomic E-state index is 0.0855. The normalized spacial score (nSPS) is 40.1. The maximum absolute atomic E-state index is 10.7. The summed E-state index contributed by atoms with van der Waals surface area (Å²) in [4.78, 5) is 0. The average Bonchev–Trinajstić information content (AvgIpc) is 3.64. The zero-order valence-electron chi connectivity index (χ0n) is 32.1. The van der Waals surface area contributed by atoms with Crippen LogP contribution < -0.4 is 18.9 Å². The van der Waals surface area contributed by atoms with Gasteiger partial charge in [0.25, 0.3) is 0 Å². The molecular weight excluding hydrogens is 792 g/mol. The van der Waals surface area contributed by atoms with Crippen molar-refractivity contribution < 1.29 is 104 Å². The zero-order chi connectivity index (χ0) is 42.7. The van der Waals surface area contributed by atoms with Crippen molar-refractivity contribution >= 4 is 0 Å². The van der Waals surface area contributed by atoms with Gasteiger partial charge in [-0.2, -0.15) is 0 Å². The molecule has 6 rings (SSSR count). The van der Waals surface area contributed by atoms with Gasteiger partial charge in [-0.15, -0.1) is 0 Å². The van der Waals surface area contributed by atoms with Crippen molar-refractivity contribution in [3.8, 4) is 23.0 Å². The van der Waals surface area contributed by atoms with Crippen molar-refractivity contribution in [1.29, 1.82) is 0 Å². The average molecular weight is 847 g/mol. The largest absolute Gasteiger partial charge is 0.493 e. The summed E-state index contributed by atoms with van der Waals surface area (Å²) in [7, 11) is 2.76. The Morgan fingerprint density at radius 3 is 1.49 bits per heavy atom. The number of hydrogen-bond donors (Lipinski definition) is 12. The van der Waals surface area contributed by atoms with E-state index >= 15 is 0 Å². The highest BCUT2D eigenvalue weighted by atomic mass is 16.7. The Balaban J connectivity index is 1.23. The van der Waals surface area contributed by atoms with Gasteiger partial charge in [-0.25, -0.2) is 0 Å². The third-order valence-corrected chi connectivity index (χ3v) is 11.2. The van der Waals surface area contributed by atoms with Gasteiger partial charge in [-0.1, -0.05) is 12.1 Å². The first-order valence-electron chi connectivity index (χ1n) is 19.1. The minimum atomic E-state index is -1.67. The monoisotopic (exact) mass is 846 g/mol. The molecule has 0 unspecified atom stereocenters. The third kappa shape index (κ3) is 9.56. The van der Waals surface area contributed by atoms with Gasteiger partial charge < -0.3 is 104 Å². The Bertz CT molecular complexity index is 1650. The maximum atomic E-state index is 10.7. The molecule has 332 valence electrons. The highest BCUT2D eigenvalue weighted by Gasteiger charge is 2.48. The van der Waals surface area contributed by atoms with E-state index in [2.05, 4.69) is 0 Å². The molecule has 0 amide bonds. The van der Waals surface area contributed by atoms with Crippen molar-refractivity contribution in [2.75, 3.05) is 47.3 Å². The highest BCUT2D eigenvalue weighted by Crippen LogP contribution is 2.44. The number of rotatable bonds is 15. The van der Waals surface area contributed by atoms with Gasteiger partial charge in [0.1, 0.15) is 73.2 Å². The molecule has 0 radical (unpaired) electrons. The molecule has 18 atom stereocenters. The molecule has 2 aromatic carbocycles. The summed E-state index contributed by atoms with van der Waals surface area (Å²) in [6, 6.07) is 9.74. The number of aliphatic hydroxyl groups is 12. The van der Waals surface area contributed by atoms with E-state index in [0.717, 1.165) is 5.56 Å². The molecule has 4 fully saturated rings. The predicted octanol–water partition coefficient (Wildman–Crippen LogP) is -4.58. The third-order valence-electron chi connectivity index (χ3n) is 11.2. The van der Waals surface area contributed by atoms with E-state index in [-0.39, 0.29) is 42.1 Å². The molecule has 12 N–H and O–H groups in total. The lowest BCUT2D eigenvalue weighted by atomic mass is 9.84. The van der Waals surface area contributed by atoms with Gasteiger partial charge in [0.2, 0.25) is 12.6 Å². The Morgan fingerprint density at radius 1 is 0.542 bits per heavy atom. The molecule has 21 heteroatoms. The number of aliphatic hydroxyl groups excluding tert-OH is 12. The molecule has 4 aliphatic rings. The van der Waals surface area contributed by atoms with Crippen LogP contribution >= 0.6 is 0 Å². The fourth-order valence-corrected chi connectivity index (χ4v) is 7.69. The molecule has 0 bridgehead atoms. The summed E-state index contributed by atoms with van der Waals surface area (Å²) in [6.45, 7) is -1.89. The van der Waals surface area contributed by atoms with Gasteiger partial charge in [0.05, 0.1) is 53.4 Å². The minimum Gasteiger partial charge on any atom is -0.493 e. The van der Waals surface area contributed by atoms with Crippen LogP contribution in [0.15, 0.2) is 36.4 Å². The van der Waals surface area contributed by atoms with Crippen LogP contribution in [0.4, 0.5) is 0 Å². The lowest BCUT2D eigenvalue weighted by Gasteiger charge is -2.40. The van der Waals surface area contributed by atoms with E-state index in [1.807, 2.05) is 0 Å². The van der Waals surface area contributed by atoms with E-state index in [4.69, 9.17) is 42.6 Å². The standard InChI is InChI=1S/C38H54O21/c1-51-21-8-15(3-5-19(21)55-37-33(49)30(46)27(43)24(11-40)58-37)7-17-13-53-35(18(17)14-54-36-32(48)29(45)26(42)23(10-39)57-36)16-4-6-20(22(9-16)52-2)56-38-34(50)31(47)28(44)25(12-41)59-38/h3-6,8-9,17-18,23-50H,7,10-14H2,1-2H3/t17-,18-,23+,24+,25+,26+,27+,28+,29-,30-,31-,32+,33+,34+,35+,36+,37+,38+/m0/s1. The zero-order valence-corrected chi connectivity index (χ0v) is 32.1. The van der Waals surface area contributed by atoms with Crippen LogP contribution in [-0.4, -0.2) is 201 Å². The second-order valence-electron chi connectivity index (χ2n) is 14.9. The first-order chi connectivity index (χ1) is 28.2. The van der Waals surface area contributed by atoms with Crippen LogP contribution in [0, 0.1) is 11.8 Å². The predicted molar refractivity (Wildman–Crippen MR) is 194 cm³/mol. The van der Waals surface area contributed by atoms with Crippen molar-refractivity contribution in [3.63, 3.8) is 0 Å². The molecule has 4 aliphatic heterocycles. The lowest BCUT2D eigenvalue weighted by Crippen LogP contribution is -2.60.